The minimum absolute atomic E-state index is 0.347. The molecule has 3 rings (SSSR count). The second-order valence-corrected chi connectivity index (χ2v) is 6.05. The molecule has 1 atom stereocenters. The molecule has 1 aliphatic rings. The lowest BCUT2D eigenvalue weighted by Gasteiger charge is -2.17. The van der Waals surface area contributed by atoms with Crippen LogP contribution in [0.3, 0.4) is 0 Å². The molecule has 118 valence electrons. The molecule has 1 saturated heterocycles. The normalized spacial score (nSPS) is 17.5. The number of rotatable bonds is 3. The van der Waals surface area contributed by atoms with Gasteiger partial charge >= 0.3 is 6.03 Å². The summed E-state index contributed by atoms with van der Waals surface area (Å²) in [4.78, 5) is 26.3. The molecule has 0 spiro atoms. The van der Waals surface area contributed by atoms with Crippen molar-refractivity contribution in [2.24, 2.45) is 0 Å². The second-order valence-electron chi connectivity index (χ2n) is 5.20. The van der Waals surface area contributed by atoms with Crippen LogP contribution < -0.4 is 10.2 Å². The Morgan fingerprint density at radius 1 is 1.13 bits per heavy atom. The van der Waals surface area contributed by atoms with Gasteiger partial charge in [-0.25, -0.2) is 9.69 Å². The molecule has 0 radical (unpaired) electrons. The third-order valence-electron chi connectivity index (χ3n) is 3.83. The van der Waals surface area contributed by atoms with Crippen LogP contribution in [-0.2, 0) is 11.2 Å². The molecule has 0 aliphatic carbocycles. The van der Waals surface area contributed by atoms with Gasteiger partial charge in [0.15, 0.2) is 0 Å². The van der Waals surface area contributed by atoms with Crippen molar-refractivity contribution < 1.29 is 9.59 Å². The number of para-hydroxylation sites is 1. The summed E-state index contributed by atoms with van der Waals surface area (Å²) in [6.07, 6.45) is 0.722. The SMILES string of the molecule is CCc1ccccc1N1C(=O)N[C@H](c2ccc(Cl)cc2Cl)C1=O. The van der Waals surface area contributed by atoms with Crippen LogP contribution in [0, 0.1) is 0 Å². The Morgan fingerprint density at radius 3 is 2.57 bits per heavy atom. The summed E-state index contributed by atoms with van der Waals surface area (Å²) in [5.41, 5.74) is 2.06. The van der Waals surface area contributed by atoms with E-state index in [0.29, 0.717) is 21.3 Å². The van der Waals surface area contributed by atoms with Gasteiger partial charge in [-0.3, -0.25) is 4.79 Å². The molecule has 1 fully saturated rings. The number of aryl methyl sites for hydroxylation is 1. The van der Waals surface area contributed by atoms with Crippen LogP contribution in [0.25, 0.3) is 0 Å². The largest absolute Gasteiger partial charge is 0.329 e. The first-order valence-corrected chi connectivity index (χ1v) is 7.96. The van der Waals surface area contributed by atoms with E-state index in [1.54, 1.807) is 30.3 Å². The average molecular weight is 349 g/mol. The van der Waals surface area contributed by atoms with Crippen LogP contribution in [0.15, 0.2) is 42.5 Å². The number of nitrogens with zero attached hydrogens (tertiary/aromatic N) is 1. The highest BCUT2D eigenvalue weighted by Crippen LogP contribution is 2.33. The quantitative estimate of drug-likeness (QED) is 0.838. The smallest absolute Gasteiger partial charge is 0.321 e. The maximum absolute atomic E-state index is 12.8. The number of nitrogens with one attached hydrogen (secondary N) is 1. The molecule has 23 heavy (non-hydrogen) atoms. The molecule has 1 N–H and O–H groups in total. The summed E-state index contributed by atoms with van der Waals surface area (Å²) < 4.78 is 0. The topological polar surface area (TPSA) is 49.4 Å². The van der Waals surface area contributed by atoms with Crippen molar-refractivity contribution in [3.8, 4) is 0 Å². The molecule has 2 aromatic rings. The van der Waals surface area contributed by atoms with E-state index in [-0.39, 0.29) is 5.91 Å². The number of hydrogen-bond acceptors (Lipinski definition) is 2. The lowest BCUT2D eigenvalue weighted by atomic mass is 10.1. The summed E-state index contributed by atoms with van der Waals surface area (Å²) in [6.45, 7) is 1.98. The van der Waals surface area contributed by atoms with Gasteiger partial charge in [0, 0.05) is 15.6 Å². The third kappa shape index (κ3) is 2.80. The number of urea groups is 1. The zero-order valence-corrected chi connectivity index (χ0v) is 13.9. The molecule has 0 unspecified atom stereocenters. The van der Waals surface area contributed by atoms with E-state index in [2.05, 4.69) is 5.32 Å². The van der Waals surface area contributed by atoms with Crippen LogP contribution in [0.4, 0.5) is 10.5 Å². The van der Waals surface area contributed by atoms with Crippen molar-refractivity contribution >= 4 is 40.8 Å². The number of carbonyl (C=O) groups is 2. The first-order valence-electron chi connectivity index (χ1n) is 7.20. The van der Waals surface area contributed by atoms with Gasteiger partial charge in [0.05, 0.1) is 5.69 Å². The minimum atomic E-state index is -0.808. The molecule has 2 aromatic carbocycles. The number of hydrogen-bond donors (Lipinski definition) is 1. The van der Waals surface area contributed by atoms with Crippen LogP contribution in [0.2, 0.25) is 10.0 Å². The van der Waals surface area contributed by atoms with E-state index in [4.69, 9.17) is 23.2 Å². The number of anilines is 1. The monoisotopic (exact) mass is 348 g/mol. The predicted molar refractivity (Wildman–Crippen MR) is 91.0 cm³/mol. The van der Waals surface area contributed by atoms with Crippen molar-refractivity contribution in [1.82, 2.24) is 5.32 Å². The van der Waals surface area contributed by atoms with Gasteiger partial charge in [0.2, 0.25) is 0 Å². The number of carbonyl (C=O) groups excluding carboxylic acids is 2. The Balaban J connectivity index is 2.00. The van der Waals surface area contributed by atoms with Crippen LogP contribution in [0.1, 0.15) is 24.1 Å². The Kier molecular flexibility index (Phi) is 4.28. The van der Waals surface area contributed by atoms with Crippen LogP contribution in [-0.4, -0.2) is 11.9 Å². The number of halogens is 2. The molecule has 4 nitrogen and oxygen atoms in total. The first kappa shape index (κ1) is 15.8. The number of imide groups is 1. The minimum Gasteiger partial charge on any atom is -0.321 e. The third-order valence-corrected chi connectivity index (χ3v) is 4.39. The van der Waals surface area contributed by atoms with Crippen molar-refractivity contribution in [2.45, 2.75) is 19.4 Å². The summed E-state index contributed by atoms with van der Waals surface area (Å²) in [6, 6.07) is 10.9. The van der Waals surface area contributed by atoms with Gasteiger partial charge < -0.3 is 5.32 Å². The summed E-state index contributed by atoms with van der Waals surface area (Å²) in [5.74, 6) is -0.347. The lowest BCUT2D eigenvalue weighted by molar-refractivity contribution is -0.118. The van der Waals surface area contributed by atoms with E-state index in [9.17, 15) is 9.59 Å². The van der Waals surface area contributed by atoms with Gasteiger partial charge in [0.25, 0.3) is 5.91 Å². The van der Waals surface area contributed by atoms with Crippen LogP contribution >= 0.6 is 23.2 Å². The Labute approximate surface area is 144 Å². The zero-order valence-electron chi connectivity index (χ0n) is 12.3. The van der Waals surface area contributed by atoms with Crippen molar-refractivity contribution in [3.05, 3.63) is 63.6 Å². The fourth-order valence-electron chi connectivity index (χ4n) is 2.68. The summed E-state index contributed by atoms with van der Waals surface area (Å²) in [5, 5.41) is 3.51. The Hall–Kier alpha value is -2.04. The molecule has 3 amide bonds. The second kappa shape index (κ2) is 6.22. The van der Waals surface area contributed by atoms with E-state index in [0.717, 1.165) is 12.0 Å². The molecule has 1 aliphatic heterocycles. The van der Waals surface area contributed by atoms with Crippen molar-refractivity contribution in [3.63, 3.8) is 0 Å². The maximum atomic E-state index is 12.8. The lowest BCUT2D eigenvalue weighted by Crippen LogP contribution is -2.31. The highest BCUT2D eigenvalue weighted by Gasteiger charge is 2.41. The molecule has 0 bridgehead atoms. The Morgan fingerprint density at radius 2 is 1.87 bits per heavy atom. The molecular weight excluding hydrogens is 335 g/mol. The summed E-state index contributed by atoms with van der Waals surface area (Å²) in [7, 11) is 0. The van der Waals surface area contributed by atoms with E-state index < -0.39 is 12.1 Å². The van der Waals surface area contributed by atoms with Gasteiger partial charge in [0.1, 0.15) is 6.04 Å². The zero-order chi connectivity index (χ0) is 16.6. The number of amides is 3. The first-order chi connectivity index (χ1) is 11.0. The fraction of sp³-hybridized carbons (Fsp3) is 0.176. The average Bonchev–Trinajstić information content (AvgIpc) is 2.82. The van der Waals surface area contributed by atoms with Gasteiger partial charge in [-0.05, 0) is 30.2 Å². The molecule has 1 heterocycles. The van der Waals surface area contributed by atoms with E-state index in [1.807, 2.05) is 19.1 Å². The Bertz CT molecular complexity index is 792. The van der Waals surface area contributed by atoms with E-state index >= 15 is 0 Å². The van der Waals surface area contributed by atoms with Gasteiger partial charge in [-0.2, -0.15) is 0 Å². The molecular formula is C17H14Cl2N2O2. The fourth-order valence-corrected chi connectivity index (χ4v) is 3.20. The van der Waals surface area contributed by atoms with Gasteiger partial charge in [-0.1, -0.05) is 54.4 Å². The standard InChI is InChI=1S/C17H14Cl2N2O2/c1-2-10-5-3-4-6-14(10)21-16(22)15(20-17(21)23)12-8-7-11(18)9-13(12)19/h3-9,15H,2H2,1H3,(H,20,23)/t15-/m1/s1. The van der Waals surface area contributed by atoms with Gasteiger partial charge in [-0.15, -0.1) is 0 Å². The number of benzene rings is 2. The maximum Gasteiger partial charge on any atom is 0.329 e. The predicted octanol–water partition coefficient (Wildman–Crippen LogP) is 4.35. The molecule has 0 saturated carbocycles. The van der Waals surface area contributed by atoms with Crippen molar-refractivity contribution in [2.75, 3.05) is 4.90 Å². The summed E-state index contributed by atoms with van der Waals surface area (Å²) >= 11 is 12.1. The highest BCUT2D eigenvalue weighted by atomic mass is 35.5. The van der Waals surface area contributed by atoms with Crippen molar-refractivity contribution in [1.29, 1.82) is 0 Å². The molecule has 0 aromatic heterocycles. The molecule has 6 heteroatoms. The van der Waals surface area contributed by atoms with Crippen LogP contribution in [0.5, 0.6) is 0 Å². The van der Waals surface area contributed by atoms with E-state index in [1.165, 1.54) is 4.90 Å². The highest BCUT2D eigenvalue weighted by molar-refractivity contribution is 6.35.